The van der Waals surface area contributed by atoms with Gasteiger partial charge in [0.05, 0.1) is 12.5 Å². The van der Waals surface area contributed by atoms with E-state index in [4.69, 9.17) is 9.47 Å². The van der Waals surface area contributed by atoms with Crippen LogP contribution in [-0.4, -0.2) is 48.3 Å². The highest BCUT2D eigenvalue weighted by Gasteiger charge is 2.38. The Hall–Kier alpha value is -2.08. The summed E-state index contributed by atoms with van der Waals surface area (Å²) in [5.41, 5.74) is 0.600. The molecule has 1 aromatic rings. The van der Waals surface area contributed by atoms with Gasteiger partial charge in [-0.15, -0.1) is 0 Å². The molecule has 0 aliphatic carbocycles. The Bertz CT molecular complexity index is 627. The minimum atomic E-state index is -0.562. The lowest BCUT2D eigenvalue weighted by molar-refractivity contribution is -0.151. The number of carbonyl (C=O) groups excluding carboxylic acids is 2. The first-order chi connectivity index (χ1) is 12.7. The number of likely N-dealkylation sites (tertiary alicyclic amines) is 1. The van der Waals surface area contributed by atoms with Crippen molar-refractivity contribution in [1.82, 2.24) is 10.2 Å². The van der Waals surface area contributed by atoms with Crippen LogP contribution in [-0.2, 0) is 14.3 Å². The van der Waals surface area contributed by atoms with E-state index in [0.717, 1.165) is 5.56 Å². The zero-order valence-electron chi connectivity index (χ0n) is 17.0. The topological polar surface area (TPSA) is 67.9 Å². The lowest BCUT2D eigenvalue weighted by Crippen LogP contribution is -2.55. The molecule has 1 fully saturated rings. The molecule has 2 rings (SSSR count). The van der Waals surface area contributed by atoms with Gasteiger partial charge in [0.1, 0.15) is 5.60 Å². The lowest BCUT2D eigenvalue weighted by Gasteiger charge is -2.39. The molecule has 1 amide bonds. The van der Waals surface area contributed by atoms with Gasteiger partial charge in [0, 0.05) is 25.2 Å². The highest BCUT2D eigenvalue weighted by molar-refractivity contribution is 5.76. The third kappa shape index (κ3) is 6.24. The van der Waals surface area contributed by atoms with E-state index in [1.165, 1.54) is 0 Å². The van der Waals surface area contributed by atoms with Crippen molar-refractivity contribution in [3.8, 4) is 0 Å². The molecule has 1 aliphatic rings. The number of nitrogens with one attached hydrogen (secondary N) is 1. The maximum absolute atomic E-state index is 12.5. The van der Waals surface area contributed by atoms with E-state index in [1.807, 2.05) is 39.0 Å². The fourth-order valence-electron chi connectivity index (χ4n) is 3.29. The first kappa shape index (κ1) is 21.2. The normalized spacial score (nSPS) is 21.4. The molecule has 0 saturated carbocycles. The molecule has 27 heavy (non-hydrogen) atoms. The van der Waals surface area contributed by atoms with Crippen LogP contribution in [0.1, 0.15) is 52.6 Å². The smallest absolute Gasteiger partial charge is 0.410 e. The Morgan fingerprint density at radius 1 is 1.26 bits per heavy atom. The second-order valence-corrected chi connectivity index (χ2v) is 7.98. The van der Waals surface area contributed by atoms with Gasteiger partial charge in [-0.25, -0.2) is 4.79 Å². The maximum Gasteiger partial charge on any atom is 0.410 e. The van der Waals surface area contributed by atoms with Crippen molar-refractivity contribution in [2.45, 2.75) is 58.7 Å². The standard InChI is InChI=1S/C21H32N2O4/c1-6-26-19(24)17-14-23(20(25)27-21(3,4)5)13-12-18(17)22-15(2)16-10-8-7-9-11-16/h7-11,15,17-18,22H,6,12-14H2,1-5H3/t15-,17?,18?/m0/s1. The summed E-state index contributed by atoms with van der Waals surface area (Å²) in [4.78, 5) is 26.6. The molecule has 3 atom stereocenters. The summed E-state index contributed by atoms with van der Waals surface area (Å²) in [6.07, 6.45) is 0.284. The number of benzene rings is 1. The quantitative estimate of drug-likeness (QED) is 0.797. The first-order valence-corrected chi connectivity index (χ1v) is 9.67. The molecule has 1 N–H and O–H groups in total. The average molecular weight is 376 g/mol. The van der Waals surface area contributed by atoms with Crippen LogP contribution in [0.4, 0.5) is 4.79 Å². The minimum Gasteiger partial charge on any atom is -0.466 e. The predicted molar refractivity (Wildman–Crippen MR) is 104 cm³/mol. The van der Waals surface area contributed by atoms with Crippen molar-refractivity contribution >= 4 is 12.1 Å². The highest BCUT2D eigenvalue weighted by Crippen LogP contribution is 2.24. The zero-order valence-corrected chi connectivity index (χ0v) is 17.0. The summed E-state index contributed by atoms with van der Waals surface area (Å²) < 4.78 is 10.7. The number of ether oxygens (including phenoxy) is 2. The molecular formula is C21H32N2O4. The van der Waals surface area contributed by atoms with E-state index < -0.39 is 11.5 Å². The SMILES string of the molecule is CCOC(=O)C1CN(C(=O)OC(C)(C)C)CCC1N[C@@H](C)c1ccccc1. The number of esters is 1. The summed E-state index contributed by atoms with van der Waals surface area (Å²) in [6, 6.07) is 10.2. The number of nitrogens with zero attached hydrogens (tertiary/aromatic N) is 1. The molecule has 1 heterocycles. The van der Waals surface area contributed by atoms with Gasteiger partial charge in [-0.3, -0.25) is 4.79 Å². The highest BCUT2D eigenvalue weighted by atomic mass is 16.6. The van der Waals surface area contributed by atoms with Crippen molar-refractivity contribution in [3.63, 3.8) is 0 Å². The molecule has 2 unspecified atom stereocenters. The van der Waals surface area contributed by atoms with E-state index in [0.29, 0.717) is 26.1 Å². The van der Waals surface area contributed by atoms with Gasteiger partial charge in [0.2, 0.25) is 0 Å². The van der Waals surface area contributed by atoms with Crippen molar-refractivity contribution in [3.05, 3.63) is 35.9 Å². The summed E-state index contributed by atoms with van der Waals surface area (Å²) in [5.74, 6) is -0.694. The third-order valence-corrected chi connectivity index (χ3v) is 4.62. The average Bonchev–Trinajstić information content (AvgIpc) is 2.61. The van der Waals surface area contributed by atoms with Crippen LogP contribution in [0.2, 0.25) is 0 Å². The second kappa shape index (κ2) is 9.22. The Morgan fingerprint density at radius 2 is 1.93 bits per heavy atom. The predicted octanol–water partition coefficient (Wildman–Crippen LogP) is 3.53. The Balaban J connectivity index is 2.08. The molecule has 1 aliphatic heterocycles. The molecule has 0 bridgehead atoms. The first-order valence-electron chi connectivity index (χ1n) is 9.67. The molecule has 0 radical (unpaired) electrons. The van der Waals surface area contributed by atoms with E-state index in [9.17, 15) is 9.59 Å². The number of carbonyl (C=O) groups is 2. The van der Waals surface area contributed by atoms with Crippen LogP contribution < -0.4 is 5.32 Å². The minimum absolute atomic E-state index is 0.0575. The van der Waals surface area contributed by atoms with Gasteiger partial charge in [-0.2, -0.15) is 0 Å². The van der Waals surface area contributed by atoms with E-state index >= 15 is 0 Å². The van der Waals surface area contributed by atoms with Crippen LogP contribution in [0.3, 0.4) is 0 Å². The molecule has 6 nitrogen and oxygen atoms in total. The van der Waals surface area contributed by atoms with Crippen molar-refractivity contribution in [1.29, 1.82) is 0 Å². The van der Waals surface area contributed by atoms with Gasteiger partial charge in [0.15, 0.2) is 0 Å². The maximum atomic E-state index is 12.5. The molecule has 1 aromatic carbocycles. The van der Waals surface area contributed by atoms with Crippen LogP contribution in [0.15, 0.2) is 30.3 Å². The van der Waals surface area contributed by atoms with Gasteiger partial charge in [-0.05, 0) is 46.6 Å². The van der Waals surface area contributed by atoms with Crippen LogP contribution in [0, 0.1) is 5.92 Å². The summed E-state index contributed by atoms with van der Waals surface area (Å²) in [6.45, 7) is 10.6. The summed E-state index contributed by atoms with van der Waals surface area (Å²) in [5, 5.41) is 3.55. The Labute approximate surface area is 162 Å². The summed E-state index contributed by atoms with van der Waals surface area (Å²) in [7, 11) is 0. The molecule has 1 saturated heterocycles. The molecule has 6 heteroatoms. The van der Waals surface area contributed by atoms with Gasteiger partial charge < -0.3 is 19.7 Å². The number of hydrogen-bond acceptors (Lipinski definition) is 5. The fraction of sp³-hybridized carbons (Fsp3) is 0.619. The Kier molecular flexibility index (Phi) is 7.25. The monoisotopic (exact) mass is 376 g/mol. The number of rotatable bonds is 5. The van der Waals surface area contributed by atoms with E-state index in [2.05, 4.69) is 24.4 Å². The largest absolute Gasteiger partial charge is 0.466 e. The third-order valence-electron chi connectivity index (χ3n) is 4.62. The van der Waals surface area contributed by atoms with Crippen LogP contribution in [0.25, 0.3) is 0 Å². The lowest BCUT2D eigenvalue weighted by atomic mass is 9.91. The molecule has 0 spiro atoms. The molecule has 150 valence electrons. The number of hydrogen-bond donors (Lipinski definition) is 1. The zero-order chi connectivity index (χ0) is 20.0. The fourth-order valence-corrected chi connectivity index (χ4v) is 3.29. The van der Waals surface area contributed by atoms with Crippen molar-refractivity contribution in [2.75, 3.05) is 19.7 Å². The molecular weight excluding hydrogens is 344 g/mol. The second-order valence-electron chi connectivity index (χ2n) is 7.98. The Morgan fingerprint density at radius 3 is 2.52 bits per heavy atom. The molecule has 0 aromatic heterocycles. The van der Waals surface area contributed by atoms with Crippen LogP contribution >= 0.6 is 0 Å². The summed E-state index contributed by atoms with van der Waals surface area (Å²) >= 11 is 0. The van der Waals surface area contributed by atoms with E-state index in [-0.39, 0.29) is 24.1 Å². The van der Waals surface area contributed by atoms with E-state index in [1.54, 1.807) is 11.8 Å². The van der Waals surface area contributed by atoms with Gasteiger partial charge in [0.25, 0.3) is 0 Å². The van der Waals surface area contributed by atoms with Crippen LogP contribution in [0.5, 0.6) is 0 Å². The number of piperidine rings is 1. The number of amides is 1. The van der Waals surface area contributed by atoms with Gasteiger partial charge in [-0.1, -0.05) is 30.3 Å². The van der Waals surface area contributed by atoms with Crippen molar-refractivity contribution < 1.29 is 19.1 Å². The van der Waals surface area contributed by atoms with Gasteiger partial charge >= 0.3 is 12.1 Å². The van der Waals surface area contributed by atoms with Crippen molar-refractivity contribution in [2.24, 2.45) is 5.92 Å².